The van der Waals surface area contributed by atoms with Gasteiger partial charge in [-0.25, -0.2) is 13.2 Å². The Morgan fingerprint density at radius 3 is 1.86 bits per heavy atom. The average Bonchev–Trinajstić information content (AvgIpc) is 3.15. The molecule has 0 atom stereocenters. The van der Waals surface area contributed by atoms with Gasteiger partial charge in [0, 0.05) is 4.47 Å². The molecule has 8 heteroatoms. The van der Waals surface area contributed by atoms with Crippen LogP contribution >= 0.6 is 15.9 Å². The van der Waals surface area contributed by atoms with Crippen LogP contribution in [0.15, 0.2) is 82.2 Å². The van der Waals surface area contributed by atoms with Crippen molar-refractivity contribution in [3.8, 4) is 11.1 Å². The Bertz CT molecular complexity index is 1260. The zero-order chi connectivity index (χ0) is 20.4. The summed E-state index contributed by atoms with van der Waals surface area (Å²) in [5.41, 5.74) is 1.15. The Morgan fingerprint density at radius 2 is 1.31 bits per heavy atom. The number of nitrogens with one attached hydrogen (secondary N) is 1. The van der Waals surface area contributed by atoms with Crippen LogP contribution in [0.2, 0.25) is 0 Å². The summed E-state index contributed by atoms with van der Waals surface area (Å²) in [5.74, 6) is -0.831. The van der Waals surface area contributed by atoms with E-state index in [9.17, 15) is 18.0 Å². The molecule has 0 saturated carbocycles. The number of fused-ring (bicyclic) bond motifs is 5. The standard InChI is InChI=1S/C21H13BrN2O4S/c22-13-9-11-14(12-10-13)29(27,28)24-19(25)21(23-20(24)26)17-7-3-1-5-15(17)16-6-2-4-8-18(16)21/h1-12H,(H,23,26). The van der Waals surface area contributed by atoms with Gasteiger partial charge in [-0.2, -0.15) is 0 Å². The third-order valence-electron chi connectivity index (χ3n) is 5.29. The predicted octanol–water partition coefficient (Wildman–Crippen LogP) is 3.61. The van der Waals surface area contributed by atoms with Crippen LogP contribution in [0, 0.1) is 0 Å². The third-order valence-corrected chi connectivity index (χ3v) is 7.50. The van der Waals surface area contributed by atoms with Crippen molar-refractivity contribution in [2.45, 2.75) is 10.4 Å². The fraction of sp³-hybridized carbons (Fsp3) is 0.0476. The van der Waals surface area contributed by atoms with Crippen LogP contribution < -0.4 is 5.32 Å². The van der Waals surface area contributed by atoms with Crippen LogP contribution in [-0.2, 0) is 20.4 Å². The van der Waals surface area contributed by atoms with Crippen LogP contribution in [0.3, 0.4) is 0 Å². The van der Waals surface area contributed by atoms with Crippen molar-refractivity contribution in [2.24, 2.45) is 0 Å². The van der Waals surface area contributed by atoms with E-state index in [0.717, 1.165) is 11.1 Å². The first-order chi connectivity index (χ1) is 13.9. The number of halogens is 1. The zero-order valence-electron chi connectivity index (χ0n) is 14.8. The molecule has 1 heterocycles. The number of benzene rings is 3. The molecular weight excluding hydrogens is 456 g/mol. The highest BCUT2D eigenvalue weighted by molar-refractivity contribution is 9.10. The van der Waals surface area contributed by atoms with Crippen molar-refractivity contribution in [3.63, 3.8) is 0 Å². The normalized spacial score (nSPS) is 16.7. The number of carbonyl (C=O) groups is 2. The Labute approximate surface area is 175 Å². The lowest BCUT2D eigenvalue weighted by molar-refractivity contribution is -0.126. The molecule has 1 spiro atoms. The molecule has 2 aliphatic rings. The minimum absolute atomic E-state index is 0.138. The quantitative estimate of drug-likeness (QED) is 0.582. The summed E-state index contributed by atoms with van der Waals surface area (Å²) in [6.45, 7) is 0. The van der Waals surface area contributed by atoms with E-state index in [1.165, 1.54) is 12.1 Å². The molecule has 29 heavy (non-hydrogen) atoms. The Balaban J connectivity index is 1.72. The molecular formula is C21H13BrN2O4S. The molecule has 0 bridgehead atoms. The van der Waals surface area contributed by atoms with Crippen molar-refractivity contribution in [1.82, 2.24) is 9.62 Å². The molecule has 1 aliphatic heterocycles. The van der Waals surface area contributed by atoms with Crippen molar-refractivity contribution in [2.75, 3.05) is 0 Å². The molecule has 0 unspecified atom stereocenters. The van der Waals surface area contributed by atoms with E-state index in [4.69, 9.17) is 0 Å². The molecule has 6 nitrogen and oxygen atoms in total. The smallest absolute Gasteiger partial charge is 0.315 e. The lowest BCUT2D eigenvalue weighted by atomic mass is 9.88. The van der Waals surface area contributed by atoms with E-state index in [-0.39, 0.29) is 4.90 Å². The van der Waals surface area contributed by atoms with Crippen molar-refractivity contribution < 1.29 is 18.0 Å². The van der Waals surface area contributed by atoms with Gasteiger partial charge in [0.15, 0.2) is 5.54 Å². The van der Waals surface area contributed by atoms with Gasteiger partial charge in [-0.05, 0) is 46.5 Å². The lowest BCUT2D eigenvalue weighted by Crippen LogP contribution is -2.44. The van der Waals surface area contributed by atoms with E-state index in [1.54, 1.807) is 36.4 Å². The molecule has 3 amide bonds. The van der Waals surface area contributed by atoms with Crippen LogP contribution in [0.1, 0.15) is 11.1 Å². The topological polar surface area (TPSA) is 83.6 Å². The predicted molar refractivity (Wildman–Crippen MR) is 109 cm³/mol. The average molecular weight is 469 g/mol. The maximum Gasteiger partial charge on any atom is 0.339 e. The van der Waals surface area contributed by atoms with Crippen molar-refractivity contribution in [3.05, 3.63) is 88.4 Å². The highest BCUT2D eigenvalue weighted by atomic mass is 79.9. The zero-order valence-corrected chi connectivity index (χ0v) is 17.2. The number of amides is 3. The van der Waals surface area contributed by atoms with Crippen molar-refractivity contribution >= 4 is 37.9 Å². The number of imide groups is 1. The largest absolute Gasteiger partial charge is 0.339 e. The molecule has 3 aromatic carbocycles. The second-order valence-electron chi connectivity index (χ2n) is 6.80. The number of nitrogens with zero attached hydrogens (tertiary/aromatic N) is 1. The minimum atomic E-state index is -4.37. The summed E-state index contributed by atoms with van der Waals surface area (Å²) in [6, 6.07) is 19.2. The highest BCUT2D eigenvalue weighted by Gasteiger charge is 2.61. The highest BCUT2D eigenvalue weighted by Crippen LogP contribution is 2.50. The molecule has 1 saturated heterocycles. The van der Waals surface area contributed by atoms with Crippen LogP contribution in [0.4, 0.5) is 4.79 Å². The van der Waals surface area contributed by atoms with Gasteiger partial charge in [-0.1, -0.05) is 64.5 Å². The number of rotatable bonds is 2. The fourth-order valence-corrected chi connectivity index (χ4v) is 5.61. The SMILES string of the molecule is O=C1NC2(C(=O)N1S(=O)(=O)c1ccc(Br)cc1)c1ccccc1-c1ccccc12. The van der Waals surface area contributed by atoms with E-state index in [2.05, 4.69) is 21.2 Å². The van der Waals surface area contributed by atoms with Gasteiger partial charge >= 0.3 is 6.03 Å². The maximum atomic E-state index is 13.6. The lowest BCUT2D eigenvalue weighted by Gasteiger charge is -2.24. The number of hydrogen-bond acceptors (Lipinski definition) is 4. The molecule has 144 valence electrons. The molecule has 0 aromatic heterocycles. The summed E-state index contributed by atoms with van der Waals surface area (Å²) in [6.07, 6.45) is 0. The second-order valence-corrected chi connectivity index (χ2v) is 9.50. The summed E-state index contributed by atoms with van der Waals surface area (Å²) in [7, 11) is -4.37. The first kappa shape index (κ1) is 18.1. The first-order valence-corrected chi connectivity index (χ1v) is 11.0. The molecule has 1 aliphatic carbocycles. The van der Waals surface area contributed by atoms with Gasteiger partial charge in [-0.3, -0.25) is 4.79 Å². The number of hydrogen-bond donors (Lipinski definition) is 1. The number of urea groups is 1. The summed E-state index contributed by atoms with van der Waals surface area (Å²) < 4.78 is 27.3. The van der Waals surface area contributed by atoms with E-state index < -0.39 is 27.5 Å². The Kier molecular flexibility index (Phi) is 3.75. The molecule has 1 fully saturated rings. The molecule has 0 radical (unpaired) electrons. The third kappa shape index (κ3) is 2.30. The van der Waals surface area contributed by atoms with Crippen LogP contribution in [-0.4, -0.2) is 24.7 Å². The van der Waals surface area contributed by atoms with E-state index >= 15 is 0 Å². The summed E-state index contributed by atoms with van der Waals surface area (Å²) in [5, 5.41) is 2.68. The fourth-order valence-electron chi connectivity index (χ4n) is 4.04. The molecule has 5 rings (SSSR count). The number of carbonyl (C=O) groups excluding carboxylic acids is 2. The van der Waals surface area contributed by atoms with Crippen LogP contribution in [0.25, 0.3) is 11.1 Å². The maximum absolute atomic E-state index is 13.6. The van der Waals surface area contributed by atoms with Gasteiger partial charge < -0.3 is 5.32 Å². The molecule has 1 N–H and O–H groups in total. The first-order valence-electron chi connectivity index (χ1n) is 8.74. The second kappa shape index (κ2) is 6.01. The number of sulfonamides is 1. The Morgan fingerprint density at radius 1 is 0.793 bits per heavy atom. The summed E-state index contributed by atoms with van der Waals surface area (Å²) >= 11 is 3.25. The Hall–Kier alpha value is -2.97. The summed E-state index contributed by atoms with van der Waals surface area (Å²) in [4.78, 5) is 26.3. The van der Waals surface area contributed by atoms with Gasteiger partial charge in [0.1, 0.15) is 0 Å². The van der Waals surface area contributed by atoms with E-state index in [1.807, 2.05) is 24.3 Å². The van der Waals surface area contributed by atoms with Gasteiger partial charge in [0.2, 0.25) is 0 Å². The van der Waals surface area contributed by atoms with Gasteiger partial charge in [0.25, 0.3) is 15.9 Å². The van der Waals surface area contributed by atoms with Gasteiger partial charge in [0.05, 0.1) is 4.90 Å². The minimum Gasteiger partial charge on any atom is -0.315 e. The molecule has 3 aromatic rings. The van der Waals surface area contributed by atoms with Crippen LogP contribution in [0.5, 0.6) is 0 Å². The van der Waals surface area contributed by atoms with Crippen molar-refractivity contribution in [1.29, 1.82) is 0 Å². The van der Waals surface area contributed by atoms with E-state index in [0.29, 0.717) is 19.9 Å². The monoisotopic (exact) mass is 468 g/mol. The van der Waals surface area contributed by atoms with Gasteiger partial charge in [-0.15, -0.1) is 4.31 Å².